The molecule has 3 saturated carbocycles. The van der Waals surface area contributed by atoms with Gasteiger partial charge in [-0.2, -0.15) is 8.42 Å². The molecule has 6 saturated heterocycles. The summed E-state index contributed by atoms with van der Waals surface area (Å²) in [5, 5.41) is 145. The molecule has 0 unspecified atom stereocenters. The minimum absolute atomic E-state index is 0.0271. The van der Waals surface area contributed by atoms with Crippen molar-refractivity contribution in [1.29, 1.82) is 0 Å². The standard InChI is InChI=1S/C56H92O28S/c1-20(2)15-31-48(77-31)56(8,69)33-10-9-26-25-17-30(28-16-24(84-85(70,71)72)11-13-54(28,6)27(25)12-14-55(26,33)7)78-51-43(68)45(35(60)22(4)75-51)81-52-46(36(61)29(58)19-73-52)82-50-42(67)40(65)44(23(5)76-50)80-53-47(39(64)37(62)32(18-57)79-53)83-49-41(66)38(63)34(59)21(3)74-49/h12,20-26,28-53,57-69H,9-11,13-19H2,1-8H3,(H,70,71,72)/t21-,22-,23-,24-,25-,26+,28+,29-,30-,31+,32-,33+,34-,35-,36+,37-,38+,39+,40-,41-,42-,43-,44-,45+,46-,47-,48-,49+,50+,51+,52+,53+,54+,55-,56-/m0/s1. The fourth-order valence-corrected chi connectivity index (χ4v) is 16.7. The highest BCUT2D eigenvalue weighted by Crippen LogP contribution is 2.68. The Hall–Kier alpha value is -1.35. The second kappa shape index (κ2) is 25.3. The molecule has 0 amide bonds. The molecule has 490 valence electrons. The number of allylic oxidation sites excluding steroid dienone is 2. The Kier molecular flexibility index (Phi) is 19.8. The van der Waals surface area contributed by atoms with E-state index in [4.69, 9.17) is 56.3 Å². The van der Waals surface area contributed by atoms with E-state index in [1.807, 2.05) is 6.92 Å². The van der Waals surface area contributed by atoms with Crippen molar-refractivity contribution in [2.24, 2.45) is 40.4 Å². The van der Waals surface area contributed by atoms with Crippen LogP contribution in [-0.4, -0.2) is 270 Å². The van der Waals surface area contributed by atoms with Crippen LogP contribution in [0, 0.1) is 40.4 Å². The Morgan fingerprint density at radius 2 is 1.21 bits per heavy atom. The van der Waals surface area contributed by atoms with Crippen molar-refractivity contribution in [2.75, 3.05) is 13.2 Å². The summed E-state index contributed by atoms with van der Waals surface area (Å²) in [5.41, 5.74) is -0.822. The molecule has 29 heteroatoms. The molecule has 0 bridgehead atoms. The first-order valence-electron chi connectivity index (χ1n) is 30.1. The average Bonchev–Trinajstić information content (AvgIpc) is 1.69. The van der Waals surface area contributed by atoms with Gasteiger partial charge in [-0.25, -0.2) is 4.18 Å². The zero-order valence-electron chi connectivity index (χ0n) is 49.1. The van der Waals surface area contributed by atoms with E-state index < -0.39 is 200 Å². The molecular formula is C56H92O28S. The Balaban J connectivity index is 0.849. The van der Waals surface area contributed by atoms with Crippen molar-refractivity contribution in [3.05, 3.63) is 11.6 Å². The number of rotatable bonds is 17. The van der Waals surface area contributed by atoms with Crippen LogP contribution in [0.3, 0.4) is 0 Å². The smallest absolute Gasteiger partial charge is 0.394 e. The molecule has 14 N–H and O–H groups in total. The van der Waals surface area contributed by atoms with E-state index >= 15 is 0 Å². The Bertz CT molecular complexity index is 2430. The van der Waals surface area contributed by atoms with Crippen LogP contribution in [-0.2, 0) is 66.7 Å². The summed E-state index contributed by atoms with van der Waals surface area (Å²) < 4.78 is 106. The first-order chi connectivity index (χ1) is 39.8. The Labute approximate surface area is 494 Å². The van der Waals surface area contributed by atoms with E-state index in [-0.39, 0.29) is 41.8 Å². The van der Waals surface area contributed by atoms with Crippen LogP contribution in [0.25, 0.3) is 0 Å². The molecule has 0 aromatic carbocycles. The quantitative estimate of drug-likeness (QED) is 0.0395. The van der Waals surface area contributed by atoms with Crippen molar-refractivity contribution in [3.8, 4) is 0 Å². The molecule has 10 rings (SSSR count). The zero-order valence-corrected chi connectivity index (χ0v) is 49.9. The van der Waals surface area contributed by atoms with Crippen LogP contribution in [0.2, 0.25) is 0 Å². The minimum atomic E-state index is -4.85. The van der Waals surface area contributed by atoms with E-state index in [2.05, 4.69) is 33.8 Å². The van der Waals surface area contributed by atoms with Gasteiger partial charge >= 0.3 is 10.4 Å². The van der Waals surface area contributed by atoms with Gasteiger partial charge in [-0.05, 0) is 119 Å². The van der Waals surface area contributed by atoms with Crippen LogP contribution in [0.15, 0.2) is 11.6 Å². The third-order valence-corrected chi connectivity index (χ3v) is 21.4. The largest absolute Gasteiger partial charge is 0.397 e. The molecule has 0 radical (unpaired) electrons. The summed E-state index contributed by atoms with van der Waals surface area (Å²) in [6.07, 6.45) is -35.5. The zero-order chi connectivity index (χ0) is 61.9. The van der Waals surface area contributed by atoms with E-state index in [0.29, 0.717) is 31.6 Å². The van der Waals surface area contributed by atoms with Crippen LogP contribution >= 0.6 is 0 Å². The topological polar surface area (TPSA) is 431 Å². The summed E-state index contributed by atoms with van der Waals surface area (Å²) in [4.78, 5) is 0. The van der Waals surface area contributed by atoms with Crippen LogP contribution < -0.4 is 0 Å². The highest BCUT2D eigenvalue weighted by molar-refractivity contribution is 7.80. The number of hydrogen-bond donors (Lipinski definition) is 14. The van der Waals surface area contributed by atoms with Gasteiger partial charge in [-0.3, -0.25) is 4.55 Å². The second-order valence-corrected chi connectivity index (χ2v) is 28.0. The molecule has 0 spiro atoms. The van der Waals surface area contributed by atoms with Gasteiger partial charge in [0.2, 0.25) is 0 Å². The monoisotopic (exact) mass is 1240 g/mol. The van der Waals surface area contributed by atoms with Gasteiger partial charge in [0.1, 0.15) is 104 Å². The molecule has 0 aromatic heterocycles. The molecular weight excluding hydrogens is 1150 g/mol. The van der Waals surface area contributed by atoms with Crippen molar-refractivity contribution < 1.29 is 136 Å². The predicted molar refractivity (Wildman–Crippen MR) is 285 cm³/mol. The van der Waals surface area contributed by atoms with Crippen LogP contribution in [0.5, 0.6) is 0 Å². The SMILES string of the molecule is CC(C)C[C@H]1O[C@@H]1[C@@](C)(O)[C@@H]1CC[C@@H]2[C@@H]3C[C@H](O[C@H]4O[C@@H](C)[C@H](O)[C@@H](O[C@H]5OC[C@H](O)[C@@H](O)[C@@H]5O[C@H]5O[C@@H](C)[C@H](O[C@H]6O[C@@H](CO)[C@H](O)[C@@H](O)[C@@H]6O[C@H]6O[C@@H](C)[C@H](O)[C@@H](O)[C@@H]6O)[C@@H](O)[C@@H]5O)[C@@H]4O)[C@H]4C[C@@H](OS(=O)(=O)O)CC[C@]4(C)C3=CC[C@@]21C. The summed E-state index contributed by atoms with van der Waals surface area (Å²) in [5.74, 6) is -0.132. The van der Waals surface area contributed by atoms with Crippen molar-refractivity contribution in [1.82, 2.24) is 0 Å². The number of hydrogen-bond acceptors (Lipinski definition) is 27. The molecule has 6 heterocycles. The minimum Gasteiger partial charge on any atom is -0.394 e. The highest BCUT2D eigenvalue weighted by atomic mass is 32.3. The number of epoxide rings is 1. The lowest BCUT2D eigenvalue weighted by molar-refractivity contribution is -0.397. The lowest BCUT2D eigenvalue weighted by Crippen LogP contribution is -2.67. The van der Waals surface area contributed by atoms with E-state index in [0.717, 1.165) is 19.3 Å². The highest BCUT2D eigenvalue weighted by Gasteiger charge is 2.67. The summed E-state index contributed by atoms with van der Waals surface area (Å²) in [6.45, 7) is 13.4. The summed E-state index contributed by atoms with van der Waals surface area (Å²) >= 11 is 0. The summed E-state index contributed by atoms with van der Waals surface area (Å²) in [6, 6.07) is 0. The lowest BCUT2D eigenvalue weighted by Gasteiger charge is -2.60. The molecule has 85 heavy (non-hydrogen) atoms. The molecule has 10 aliphatic rings. The predicted octanol–water partition coefficient (Wildman–Crippen LogP) is -2.87. The summed E-state index contributed by atoms with van der Waals surface area (Å²) in [7, 11) is -4.85. The van der Waals surface area contributed by atoms with Gasteiger partial charge in [-0.15, -0.1) is 0 Å². The lowest BCUT2D eigenvalue weighted by atomic mass is 9.47. The third-order valence-electron chi connectivity index (χ3n) is 20.9. The van der Waals surface area contributed by atoms with Crippen molar-refractivity contribution in [3.63, 3.8) is 0 Å². The van der Waals surface area contributed by atoms with Gasteiger partial charge < -0.3 is 118 Å². The van der Waals surface area contributed by atoms with Gasteiger partial charge in [0.05, 0.1) is 55.4 Å². The number of aliphatic hydroxyl groups excluding tert-OH is 12. The Morgan fingerprint density at radius 1 is 0.624 bits per heavy atom. The third kappa shape index (κ3) is 12.7. The normalized spacial score (nSPS) is 53.7. The molecule has 0 aromatic rings. The molecule has 9 fully saturated rings. The average molecular weight is 1250 g/mol. The van der Waals surface area contributed by atoms with Crippen LogP contribution in [0.1, 0.15) is 107 Å². The van der Waals surface area contributed by atoms with Crippen LogP contribution in [0.4, 0.5) is 0 Å². The molecule has 28 nitrogen and oxygen atoms in total. The fraction of sp³-hybridized carbons (Fsp3) is 0.964. The van der Waals surface area contributed by atoms with Gasteiger partial charge in [0, 0.05) is 0 Å². The van der Waals surface area contributed by atoms with Crippen molar-refractivity contribution in [2.45, 2.75) is 284 Å². The fourth-order valence-electron chi connectivity index (χ4n) is 16.2. The number of fused-ring (bicyclic) bond motifs is 5. The number of ether oxygens (including phenoxy) is 11. The maximum atomic E-state index is 12.3. The van der Waals surface area contributed by atoms with Crippen molar-refractivity contribution >= 4 is 10.4 Å². The van der Waals surface area contributed by atoms with E-state index in [1.54, 1.807) is 0 Å². The van der Waals surface area contributed by atoms with Gasteiger partial charge in [-0.1, -0.05) is 39.3 Å². The molecule has 6 aliphatic heterocycles. The van der Waals surface area contributed by atoms with Gasteiger partial charge in [0.25, 0.3) is 0 Å². The maximum Gasteiger partial charge on any atom is 0.397 e. The number of aliphatic hydroxyl groups is 13. The van der Waals surface area contributed by atoms with E-state index in [9.17, 15) is 79.4 Å². The van der Waals surface area contributed by atoms with E-state index in [1.165, 1.54) is 26.3 Å². The Morgan fingerprint density at radius 3 is 1.86 bits per heavy atom. The molecule has 4 aliphatic carbocycles. The van der Waals surface area contributed by atoms with Gasteiger partial charge in [0.15, 0.2) is 31.5 Å². The second-order valence-electron chi connectivity index (χ2n) is 26.9. The molecule has 35 atom stereocenters. The maximum absolute atomic E-state index is 12.3. The first-order valence-corrected chi connectivity index (χ1v) is 31.5. The first kappa shape index (κ1) is 66.6.